The van der Waals surface area contributed by atoms with E-state index in [4.69, 9.17) is 5.11 Å². The zero-order valence-corrected chi connectivity index (χ0v) is 20.5. The molecule has 1 atom stereocenters. The van der Waals surface area contributed by atoms with Crippen LogP contribution in [-0.4, -0.2) is 55.9 Å². The first-order chi connectivity index (χ1) is 17.0. The smallest absolute Gasteiger partial charge is 0.256 e. The van der Waals surface area contributed by atoms with Gasteiger partial charge in [0.2, 0.25) is 0 Å². The highest BCUT2D eigenvalue weighted by molar-refractivity contribution is 6.06. The lowest BCUT2D eigenvalue weighted by Gasteiger charge is -2.17. The first-order valence-electron chi connectivity index (χ1n) is 12.6. The third-order valence-electron chi connectivity index (χ3n) is 7.12. The number of nitrogens with one attached hydrogen (secondary N) is 2. The Kier molecular flexibility index (Phi) is 6.83. The summed E-state index contributed by atoms with van der Waals surface area (Å²) in [6, 6.07) is 10.2. The van der Waals surface area contributed by atoms with Crippen molar-refractivity contribution in [2.24, 2.45) is 0 Å². The second-order valence-corrected chi connectivity index (χ2v) is 9.65. The van der Waals surface area contributed by atoms with Crippen molar-refractivity contribution in [2.45, 2.75) is 58.0 Å². The second-order valence-electron chi connectivity index (χ2n) is 9.65. The molecule has 3 N–H and O–H groups in total. The fourth-order valence-electron chi connectivity index (χ4n) is 5.17. The number of carbonyl (C=O) groups is 1. The molecule has 4 heterocycles. The van der Waals surface area contributed by atoms with Crippen molar-refractivity contribution in [3.63, 3.8) is 0 Å². The molecule has 35 heavy (non-hydrogen) atoms. The van der Waals surface area contributed by atoms with Crippen LogP contribution in [0.2, 0.25) is 0 Å². The molecule has 8 nitrogen and oxygen atoms in total. The van der Waals surface area contributed by atoms with E-state index in [0.29, 0.717) is 17.4 Å². The molecule has 1 fully saturated rings. The van der Waals surface area contributed by atoms with Gasteiger partial charge in [0.15, 0.2) is 0 Å². The summed E-state index contributed by atoms with van der Waals surface area (Å²) in [7, 11) is 2.16. The number of carbonyl (C=O) groups excluding carboxylic acids is 1. The number of hydrogen-bond donors (Lipinski definition) is 3. The number of amides is 1. The maximum absolute atomic E-state index is 13.1. The Balaban J connectivity index is 1.31. The number of aliphatic hydroxyl groups is 1. The van der Waals surface area contributed by atoms with E-state index >= 15 is 0 Å². The SMILES string of the molecule is Cc1nn(CCCCCCO)c2cc(C(=O)Nc3cc4[nH]c([C@H]5CCCN5C)cc4cn3)ccc12. The number of aryl methyl sites for hydroxylation is 2. The van der Waals surface area contributed by atoms with E-state index < -0.39 is 0 Å². The monoisotopic (exact) mass is 474 g/mol. The Labute approximate surface area is 205 Å². The van der Waals surface area contributed by atoms with E-state index in [2.05, 4.69) is 38.4 Å². The number of fused-ring (bicyclic) bond motifs is 2. The summed E-state index contributed by atoms with van der Waals surface area (Å²) in [6.45, 7) is 4.15. The van der Waals surface area contributed by atoms with Gasteiger partial charge in [-0.2, -0.15) is 5.10 Å². The van der Waals surface area contributed by atoms with Gasteiger partial charge in [0.25, 0.3) is 5.91 Å². The Morgan fingerprint density at radius 1 is 1.20 bits per heavy atom. The topological polar surface area (TPSA) is 99.1 Å². The predicted octanol–water partition coefficient (Wildman–Crippen LogP) is 4.79. The third kappa shape index (κ3) is 4.94. The van der Waals surface area contributed by atoms with Gasteiger partial charge in [0, 0.05) is 53.5 Å². The molecule has 1 saturated heterocycles. The van der Waals surface area contributed by atoms with Gasteiger partial charge in [-0.1, -0.05) is 18.9 Å². The third-order valence-corrected chi connectivity index (χ3v) is 7.12. The molecule has 1 aliphatic rings. The van der Waals surface area contributed by atoms with E-state index in [-0.39, 0.29) is 12.5 Å². The molecule has 0 bridgehead atoms. The van der Waals surface area contributed by atoms with E-state index in [1.807, 2.05) is 42.1 Å². The summed E-state index contributed by atoms with van der Waals surface area (Å²) in [4.78, 5) is 23.5. The Hall–Kier alpha value is -3.23. The Morgan fingerprint density at radius 2 is 2.06 bits per heavy atom. The Morgan fingerprint density at radius 3 is 2.86 bits per heavy atom. The van der Waals surface area contributed by atoms with Crippen LogP contribution in [-0.2, 0) is 6.54 Å². The lowest BCUT2D eigenvalue weighted by Crippen LogP contribution is -2.17. The number of likely N-dealkylation sites (tertiary alicyclic amines) is 1. The first kappa shape index (κ1) is 23.5. The second kappa shape index (κ2) is 10.2. The fourth-order valence-corrected chi connectivity index (χ4v) is 5.17. The highest BCUT2D eigenvalue weighted by atomic mass is 16.2. The summed E-state index contributed by atoms with van der Waals surface area (Å²) in [6.07, 6.45) is 8.07. The number of hydrogen-bond acceptors (Lipinski definition) is 5. The zero-order chi connectivity index (χ0) is 24.4. The molecule has 1 aromatic carbocycles. The number of unbranched alkanes of at least 4 members (excludes halogenated alkanes) is 3. The maximum atomic E-state index is 13.1. The maximum Gasteiger partial charge on any atom is 0.256 e. The highest BCUT2D eigenvalue weighted by Gasteiger charge is 2.24. The normalized spacial score (nSPS) is 16.5. The number of nitrogens with zero attached hydrogens (tertiary/aromatic N) is 4. The molecular formula is C27H34N6O2. The molecule has 0 saturated carbocycles. The molecule has 1 aliphatic heterocycles. The quantitative estimate of drug-likeness (QED) is 0.303. The molecule has 5 rings (SSSR count). The van der Waals surface area contributed by atoms with Gasteiger partial charge in [0.05, 0.1) is 16.7 Å². The number of pyridine rings is 1. The number of benzene rings is 1. The number of rotatable bonds is 9. The molecule has 0 spiro atoms. The van der Waals surface area contributed by atoms with Crippen molar-refractivity contribution in [1.29, 1.82) is 0 Å². The van der Waals surface area contributed by atoms with Gasteiger partial charge in [0.1, 0.15) is 5.82 Å². The van der Waals surface area contributed by atoms with E-state index in [9.17, 15) is 4.79 Å². The van der Waals surface area contributed by atoms with Crippen LogP contribution in [0.5, 0.6) is 0 Å². The van der Waals surface area contributed by atoms with Crippen LogP contribution in [0.25, 0.3) is 21.8 Å². The van der Waals surface area contributed by atoms with Gasteiger partial charge < -0.3 is 15.4 Å². The lowest BCUT2D eigenvalue weighted by molar-refractivity contribution is 0.102. The molecule has 184 valence electrons. The van der Waals surface area contributed by atoms with Gasteiger partial charge in [-0.25, -0.2) is 4.98 Å². The van der Waals surface area contributed by atoms with Crippen LogP contribution < -0.4 is 5.32 Å². The lowest BCUT2D eigenvalue weighted by atomic mass is 10.1. The van der Waals surface area contributed by atoms with Gasteiger partial charge >= 0.3 is 0 Å². The average molecular weight is 475 g/mol. The van der Waals surface area contributed by atoms with Crippen molar-refractivity contribution in [3.8, 4) is 0 Å². The van der Waals surface area contributed by atoms with E-state index in [1.165, 1.54) is 12.1 Å². The summed E-state index contributed by atoms with van der Waals surface area (Å²) in [5.41, 5.74) is 4.70. The predicted molar refractivity (Wildman–Crippen MR) is 139 cm³/mol. The van der Waals surface area contributed by atoms with Crippen molar-refractivity contribution in [1.82, 2.24) is 24.6 Å². The largest absolute Gasteiger partial charge is 0.396 e. The summed E-state index contributed by atoms with van der Waals surface area (Å²) in [5, 5.41) is 18.7. The van der Waals surface area contributed by atoms with Crippen molar-refractivity contribution >= 4 is 33.5 Å². The molecule has 0 radical (unpaired) electrons. The van der Waals surface area contributed by atoms with Crippen molar-refractivity contribution < 1.29 is 9.90 Å². The highest BCUT2D eigenvalue weighted by Crippen LogP contribution is 2.32. The number of aromatic nitrogens is 4. The summed E-state index contributed by atoms with van der Waals surface area (Å²) in [5.74, 6) is 0.346. The number of anilines is 1. The van der Waals surface area contributed by atoms with E-state index in [0.717, 1.165) is 72.7 Å². The molecule has 4 aromatic rings. The molecule has 0 aliphatic carbocycles. The van der Waals surface area contributed by atoms with E-state index in [1.54, 1.807) is 0 Å². The minimum absolute atomic E-state index is 0.186. The molecule has 1 amide bonds. The van der Waals surface area contributed by atoms with Crippen LogP contribution in [0.3, 0.4) is 0 Å². The fraction of sp³-hybridized carbons (Fsp3) is 0.444. The van der Waals surface area contributed by atoms with Crippen LogP contribution >= 0.6 is 0 Å². The number of aliphatic hydroxyl groups excluding tert-OH is 1. The van der Waals surface area contributed by atoms with Gasteiger partial charge in [-0.3, -0.25) is 14.4 Å². The first-order valence-corrected chi connectivity index (χ1v) is 12.6. The average Bonchev–Trinajstić information content (AvgIpc) is 3.55. The minimum Gasteiger partial charge on any atom is -0.396 e. The van der Waals surface area contributed by atoms with Gasteiger partial charge in [-0.05, 0) is 64.4 Å². The molecule has 8 heteroatoms. The number of aromatic amines is 1. The summed E-state index contributed by atoms with van der Waals surface area (Å²) >= 11 is 0. The van der Waals surface area contributed by atoms with Crippen molar-refractivity contribution in [3.05, 3.63) is 53.5 Å². The standard InChI is InChI=1S/C27H34N6O2/c1-18-21-10-9-19(15-25(21)33(31-18)12-5-3-4-6-13-34)27(35)30-26-16-22-20(17-28-26)14-23(29-22)24-8-7-11-32(24)2/h9-10,14-17,24,29,34H,3-8,11-13H2,1-2H3,(H,28,30,35)/t24-/m1/s1. The van der Waals surface area contributed by atoms with Crippen LogP contribution in [0.15, 0.2) is 36.5 Å². The van der Waals surface area contributed by atoms with Crippen LogP contribution in [0.4, 0.5) is 5.82 Å². The van der Waals surface area contributed by atoms with Gasteiger partial charge in [-0.15, -0.1) is 0 Å². The van der Waals surface area contributed by atoms with Crippen LogP contribution in [0.1, 0.15) is 66.3 Å². The zero-order valence-electron chi connectivity index (χ0n) is 20.5. The molecule has 0 unspecified atom stereocenters. The molecular weight excluding hydrogens is 440 g/mol. The minimum atomic E-state index is -0.186. The number of H-pyrrole nitrogens is 1. The Bertz CT molecular complexity index is 1340. The van der Waals surface area contributed by atoms with Crippen molar-refractivity contribution in [2.75, 3.05) is 25.5 Å². The summed E-state index contributed by atoms with van der Waals surface area (Å²) < 4.78 is 1.99. The molecule has 3 aromatic heterocycles. The van der Waals surface area contributed by atoms with Crippen LogP contribution in [0, 0.1) is 6.92 Å².